The first-order valence-corrected chi connectivity index (χ1v) is 9.10. The van der Waals surface area contributed by atoms with Gasteiger partial charge in [-0.25, -0.2) is 4.79 Å². The molecule has 25 heavy (non-hydrogen) atoms. The summed E-state index contributed by atoms with van der Waals surface area (Å²) < 4.78 is 5.42. The molecule has 1 unspecified atom stereocenters. The second-order valence-electron chi connectivity index (χ2n) is 8.10. The van der Waals surface area contributed by atoms with Crippen LogP contribution in [0.25, 0.3) is 0 Å². The molecular weight excluding hydrogens is 316 g/mol. The lowest BCUT2D eigenvalue weighted by Crippen LogP contribution is -2.44. The van der Waals surface area contributed by atoms with Crippen molar-refractivity contribution in [1.29, 1.82) is 0 Å². The number of nitrogens with zero attached hydrogens (tertiary/aromatic N) is 1. The van der Waals surface area contributed by atoms with E-state index in [1.54, 1.807) is 7.11 Å². The Balaban J connectivity index is 1.91. The molecule has 1 fully saturated rings. The predicted octanol–water partition coefficient (Wildman–Crippen LogP) is 3.52. The number of amides is 1. The lowest BCUT2D eigenvalue weighted by Gasteiger charge is -2.31. The van der Waals surface area contributed by atoms with Crippen LogP contribution in [0, 0.1) is 5.41 Å². The summed E-state index contributed by atoms with van der Waals surface area (Å²) in [7, 11) is 1.79. The van der Waals surface area contributed by atoms with Gasteiger partial charge in [-0.05, 0) is 35.8 Å². The Kier molecular flexibility index (Phi) is 6.85. The fourth-order valence-electron chi connectivity index (χ4n) is 3.30. The standard InChI is InChI=1S/C20H32N2O3/c1-20(2,3)18(21-19(23)24)13-15-5-7-16(8-6-15)14-22-11-9-17(25-4)10-12-22/h5-8,17-18,21H,9-14H2,1-4H3,(H,23,24). The van der Waals surface area contributed by atoms with E-state index in [0.717, 1.165) is 38.0 Å². The number of piperidine rings is 1. The average Bonchev–Trinajstić information content (AvgIpc) is 2.55. The largest absolute Gasteiger partial charge is 0.465 e. The van der Waals surface area contributed by atoms with Gasteiger partial charge in [0, 0.05) is 32.8 Å². The van der Waals surface area contributed by atoms with Crippen molar-refractivity contribution in [3.63, 3.8) is 0 Å². The molecule has 1 aliphatic rings. The quantitative estimate of drug-likeness (QED) is 0.826. The van der Waals surface area contributed by atoms with Crippen LogP contribution in [0.2, 0.25) is 0 Å². The highest BCUT2D eigenvalue weighted by Gasteiger charge is 2.26. The molecule has 1 heterocycles. The van der Waals surface area contributed by atoms with Gasteiger partial charge in [0.15, 0.2) is 0 Å². The van der Waals surface area contributed by atoms with Crippen LogP contribution >= 0.6 is 0 Å². The van der Waals surface area contributed by atoms with E-state index in [2.05, 4.69) is 55.3 Å². The van der Waals surface area contributed by atoms with Crippen LogP contribution in [0.5, 0.6) is 0 Å². The molecule has 2 N–H and O–H groups in total. The van der Waals surface area contributed by atoms with Crippen LogP contribution in [0.1, 0.15) is 44.7 Å². The van der Waals surface area contributed by atoms with Crippen LogP contribution in [-0.2, 0) is 17.7 Å². The van der Waals surface area contributed by atoms with E-state index in [4.69, 9.17) is 9.84 Å². The normalized spacial score (nSPS) is 18.1. The molecule has 5 nitrogen and oxygen atoms in total. The average molecular weight is 348 g/mol. The van der Waals surface area contributed by atoms with E-state index in [1.165, 1.54) is 5.56 Å². The molecule has 0 aliphatic carbocycles. The zero-order chi connectivity index (χ0) is 18.4. The number of ether oxygens (including phenoxy) is 1. The molecular formula is C20H32N2O3. The van der Waals surface area contributed by atoms with Crippen LogP contribution in [0.15, 0.2) is 24.3 Å². The molecule has 2 rings (SSSR count). The Labute approximate surface area is 151 Å². The zero-order valence-electron chi connectivity index (χ0n) is 15.9. The molecule has 0 radical (unpaired) electrons. The maximum Gasteiger partial charge on any atom is 0.404 e. The highest BCUT2D eigenvalue weighted by atomic mass is 16.5. The van der Waals surface area contributed by atoms with Gasteiger partial charge in [-0.15, -0.1) is 0 Å². The lowest BCUT2D eigenvalue weighted by atomic mass is 9.83. The summed E-state index contributed by atoms with van der Waals surface area (Å²) in [6, 6.07) is 8.47. The molecule has 1 amide bonds. The molecule has 0 spiro atoms. The van der Waals surface area contributed by atoms with Gasteiger partial charge in [0.25, 0.3) is 0 Å². The third-order valence-corrected chi connectivity index (χ3v) is 5.08. The summed E-state index contributed by atoms with van der Waals surface area (Å²) >= 11 is 0. The lowest BCUT2D eigenvalue weighted by molar-refractivity contribution is 0.0388. The number of carbonyl (C=O) groups is 1. The molecule has 0 bridgehead atoms. The summed E-state index contributed by atoms with van der Waals surface area (Å²) in [4.78, 5) is 13.5. The number of rotatable bonds is 6. The number of nitrogens with one attached hydrogen (secondary N) is 1. The van der Waals surface area contributed by atoms with E-state index in [0.29, 0.717) is 12.5 Å². The van der Waals surface area contributed by atoms with Crippen molar-refractivity contribution in [2.45, 2.75) is 58.7 Å². The number of likely N-dealkylation sites (tertiary alicyclic amines) is 1. The first kappa shape index (κ1) is 19.7. The molecule has 1 atom stereocenters. The van der Waals surface area contributed by atoms with E-state index in [-0.39, 0.29) is 11.5 Å². The summed E-state index contributed by atoms with van der Waals surface area (Å²) in [6.45, 7) is 9.30. The minimum atomic E-state index is -0.962. The Morgan fingerprint density at radius 2 is 1.80 bits per heavy atom. The van der Waals surface area contributed by atoms with Gasteiger partial charge in [0.2, 0.25) is 0 Å². The van der Waals surface area contributed by atoms with Crippen LogP contribution in [0.4, 0.5) is 4.79 Å². The van der Waals surface area contributed by atoms with Crippen LogP contribution in [0.3, 0.4) is 0 Å². The second kappa shape index (κ2) is 8.68. The Hall–Kier alpha value is -1.59. The van der Waals surface area contributed by atoms with Crippen molar-refractivity contribution in [1.82, 2.24) is 10.2 Å². The summed E-state index contributed by atoms with van der Waals surface area (Å²) in [5.41, 5.74) is 2.34. The molecule has 0 aromatic heterocycles. The zero-order valence-corrected chi connectivity index (χ0v) is 15.9. The van der Waals surface area contributed by atoms with E-state index in [9.17, 15) is 4.79 Å². The molecule has 1 aromatic rings. The second-order valence-corrected chi connectivity index (χ2v) is 8.10. The maximum atomic E-state index is 11.0. The highest BCUT2D eigenvalue weighted by Crippen LogP contribution is 2.23. The van der Waals surface area contributed by atoms with Crippen molar-refractivity contribution in [2.24, 2.45) is 5.41 Å². The Bertz CT molecular complexity index is 543. The van der Waals surface area contributed by atoms with E-state index >= 15 is 0 Å². The topological polar surface area (TPSA) is 61.8 Å². The molecule has 140 valence electrons. The first-order valence-electron chi connectivity index (χ1n) is 9.10. The van der Waals surface area contributed by atoms with E-state index < -0.39 is 6.09 Å². The van der Waals surface area contributed by atoms with Gasteiger partial charge in [0.05, 0.1) is 6.10 Å². The van der Waals surface area contributed by atoms with Gasteiger partial charge in [-0.2, -0.15) is 0 Å². The Morgan fingerprint density at radius 3 is 2.28 bits per heavy atom. The van der Waals surface area contributed by atoms with Gasteiger partial charge < -0.3 is 15.2 Å². The number of benzene rings is 1. The SMILES string of the molecule is COC1CCN(Cc2ccc(CC(NC(=O)O)C(C)(C)C)cc2)CC1. The van der Waals surface area contributed by atoms with Gasteiger partial charge in [-0.1, -0.05) is 45.0 Å². The third-order valence-electron chi connectivity index (χ3n) is 5.08. The minimum Gasteiger partial charge on any atom is -0.465 e. The van der Waals surface area contributed by atoms with Gasteiger partial charge in [-0.3, -0.25) is 4.90 Å². The van der Waals surface area contributed by atoms with Crippen LogP contribution in [-0.4, -0.2) is 48.4 Å². The number of hydrogen-bond donors (Lipinski definition) is 2. The summed E-state index contributed by atoms with van der Waals surface area (Å²) in [6.07, 6.45) is 2.35. The number of hydrogen-bond acceptors (Lipinski definition) is 3. The van der Waals surface area contributed by atoms with Crippen molar-refractivity contribution in [3.05, 3.63) is 35.4 Å². The Morgan fingerprint density at radius 1 is 1.24 bits per heavy atom. The predicted molar refractivity (Wildman–Crippen MR) is 99.9 cm³/mol. The van der Waals surface area contributed by atoms with E-state index in [1.807, 2.05) is 0 Å². The summed E-state index contributed by atoms with van der Waals surface area (Å²) in [5.74, 6) is 0. The fraction of sp³-hybridized carbons (Fsp3) is 0.650. The number of methoxy groups -OCH3 is 1. The number of carboxylic acid groups (broad SMARTS) is 1. The maximum absolute atomic E-state index is 11.0. The molecule has 1 aromatic carbocycles. The third kappa shape index (κ3) is 6.33. The molecule has 1 aliphatic heterocycles. The summed E-state index contributed by atoms with van der Waals surface area (Å²) in [5, 5.41) is 11.7. The van der Waals surface area contributed by atoms with Crippen molar-refractivity contribution in [2.75, 3.05) is 20.2 Å². The molecule has 5 heteroatoms. The van der Waals surface area contributed by atoms with Gasteiger partial charge in [0.1, 0.15) is 0 Å². The molecule has 0 saturated carbocycles. The van der Waals surface area contributed by atoms with Crippen molar-refractivity contribution >= 4 is 6.09 Å². The van der Waals surface area contributed by atoms with Gasteiger partial charge >= 0.3 is 6.09 Å². The van der Waals surface area contributed by atoms with Crippen molar-refractivity contribution in [3.8, 4) is 0 Å². The minimum absolute atomic E-state index is 0.107. The molecule has 1 saturated heterocycles. The highest BCUT2D eigenvalue weighted by molar-refractivity contribution is 5.65. The smallest absolute Gasteiger partial charge is 0.404 e. The van der Waals surface area contributed by atoms with Crippen LogP contribution < -0.4 is 5.32 Å². The fourth-order valence-corrected chi connectivity index (χ4v) is 3.30. The first-order chi connectivity index (χ1) is 11.8. The monoisotopic (exact) mass is 348 g/mol. The van der Waals surface area contributed by atoms with Crippen molar-refractivity contribution < 1.29 is 14.6 Å².